The van der Waals surface area contributed by atoms with Crippen LogP contribution < -0.4 is 5.56 Å². The summed E-state index contributed by atoms with van der Waals surface area (Å²) in [5.74, 6) is 0.193. The first-order chi connectivity index (χ1) is 14.0. The Morgan fingerprint density at radius 3 is 1.79 bits per heavy atom. The van der Waals surface area contributed by atoms with Gasteiger partial charge in [0, 0.05) is 25.2 Å². The van der Waals surface area contributed by atoms with E-state index in [0.717, 1.165) is 36.9 Å². The first kappa shape index (κ1) is 28.9. The molecule has 29 heavy (non-hydrogen) atoms. The zero-order chi connectivity index (χ0) is 22.7. The number of hydrogen-bond acceptors (Lipinski definition) is 2. The summed E-state index contributed by atoms with van der Waals surface area (Å²) < 4.78 is 0. The van der Waals surface area contributed by atoms with Crippen molar-refractivity contribution in [2.75, 3.05) is 13.0 Å². The Bertz CT molecular complexity index is 667. The fraction of sp³-hybridized carbons (Fsp3) is 0.500. The van der Waals surface area contributed by atoms with E-state index in [0.29, 0.717) is 0 Å². The third kappa shape index (κ3) is 12.7. The van der Waals surface area contributed by atoms with Gasteiger partial charge in [-0.15, -0.1) is 0 Å². The van der Waals surface area contributed by atoms with Crippen LogP contribution in [0, 0.1) is 13.8 Å². The number of nitrogens with one attached hydrogen (secondary N) is 1. The average Bonchev–Trinajstić information content (AvgIpc) is 3.33. The van der Waals surface area contributed by atoms with Crippen LogP contribution in [0.25, 0.3) is 0 Å². The number of H-pyrrole nitrogens is 1. The quantitative estimate of drug-likeness (QED) is 0.669. The molecular formula is C24H40BN2O2. The molecule has 3 rings (SSSR count). The number of hydrogen-bond donors (Lipinski definition) is 1. The molecule has 1 radical (unpaired) electrons. The number of carbonyl (C=O) groups is 1. The predicted molar refractivity (Wildman–Crippen MR) is 128 cm³/mol. The Morgan fingerprint density at radius 2 is 1.48 bits per heavy atom. The van der Waals surface area contributed by atoms with Crippen molar-refractivity contribution >= 4 is 13.2 Å². The van der Waals surface area contributed by atoms with Crippen LogP contribution in [-0.4, -0.2) is 36.1 Å². The number of benzene rings is 1. The van der Waals surface area contributed by atoms with Crippen molar-refractivity contribution in [3.05, 3.63) is 69.6 Å². The van der Waals surface area contributed by atoms with Crippen LogP contribution in [0.2, 0.25) is 6.32 Å². The van der Waals surface area contributed by atoms with Gasteiger partial charge in [-0.1, -0.05) is 77.3 Å². The molecule has 161 valence electrons. The molecule has 0 spiro atoms. The number of amides is 1. The van der Waals surface area contributed by atoms with Crippen molar-refractivity contribution in [2.24, 2.45) is 0 Å². The normalized spacial score (nSPS) is 11.0. The summed E-state index contributed by atoms with van der Waals surface area (Å²) in [7, 11) is 2.13. The molecule has 0 atom stereocenters. The van der Waals surface area contributed by atoms with Crippen molar-refractivity contribution in [1.29, 1.82) is 0 Å². The second-order valence-corrected chi connectivity index (χ2v) is 5.94. The van der Waals surface area contributed by atoms with Gasteiger partial charge in [0.05, 0.1) is 0 Å². The molecule has 1 fully saturated rings. The van der Waals surface area contributed by atoms with Crippen molar-refractivity contribution in [3.8, 4) is 0 Å². The van der Waals surface area contributed by atoms with Crippen LogP contribution in [0.3, 0.4) is 0 Å². The third-order valence-corrected chi connectivity index (χ3v) is 4.21. The van der Waals surface area contributed by atoms with E-state index in [1.807, 2.05) is 82.8 Å². The molecule has 1 aliphatic rings. The van der Waals surface area contributed by atoms with Crippen LogP contribution in [0.15, 0.2) is 47.4 Å². The van der Waals surface area contributed by atoms with E-state index in [2.05, 4.69) is 19.2 Å². The van der Waals surface area contributed by atoms with Gasteiger partial charge in [-0.3, -0.25) is 9.59 Å². The summed E-state index contributed by atoms with van der Waals surface area (Å²) in [5.41, 5.74) is 3.21. The molecule has 1 aromatic carbocycles. The van der Waals surface area contributed by atoms with Crippen LogP contribution in [-0.2, 0) is 11.2 Å². The molecule has 1 aliphatic heterocycles. The molecule has 1 amide bonds. The minimum atomic E-state index is 0.0275. The molecule has 1 aromatic heterocycles. The molecular weight excluding hydrogens is 359 g/mol. The molecule has 0 bridgehead atoms. The van der Waals surface area contributed by atoms with Crippen molar-refractivity contribution in [1.82, 2.24) is 9.88 Å². The Morgan fingerprint density at radius 1 is 1.00 bits per heavy atom. The first-order valence-electron chi connectivity index (χ1n) is 10.7. The summed E-state index contributed by atoms with van der Waals surface area (Å²) in [6.07, 6.45) is 4.70. The minimum Gasteiger partial charge on any atom is -0.352 e. The van der Waals surface area contributed by atoms with Gasteiger partial charge in [-0.2, -0.15) is 0 Å². The molecule has 1 N–H and O–H groups in total. The summed E-state index contributed by atoms with van der Waals surface area (Å²) in [4.78, 5) is 26.1. The van der Waals surface area contributed by atoms with Gasteiger partial charge in [-0.25, -0.2) is 0 Å². The highest BCUT2D eigenvalue weighted by Crippen LogP contribution is 2.07. The second-order valence-electron chi connectivity index (χ2n) is 5.94. The zero-order valence-electron chi connectivity index (χ0n) is 19.7. The fourth-order valence-corrected chi connectivity index (χ4v) is 2.40. The number of aryl methyl sites for hydroxylation is 1. The monoisotopic (exact) mass is 399 g/mol. The summed E-state index contributed by atoms with van der Waals surface area (Å²) in [6, 6.07) is 12.0. The fourth-order valence-electron chi connectivity index (χ4n) is 2.40. The lowest BCUT2D eigenvalue weighted by molar-refractivity contribution is -0.127. The van der Waals surface area contributed by atoms with E-state index in [4.69, 9.17) is 0 Å². The van der Waals surface area contributed by atoms with E-state index >= 15 is 0 Å². The third-order valence-electron chi connectivity index (χ3n) is 4.21. The standard InChI is InChI=1S/C9H13NO.C6H6.C5H9BNO.2C2H6/c1-4-8-5-10-9(11)7(3)6(8)2;1-2-4-6-5-3-1;1-5(8)7-3-2-6-4-7;2*1-2/h5H,4H2,1-3H3,(H,10,11);1-6H;2-4H2,1H3;2*1-2H3. The lowest BCUT2D eigenvalue weighted by Crippen LogP contribution is -2.25. The van der Waals surface area contributed by atoms with Gasteiger partial charge < -0.3 is 9.88 Å². The SMILES string of the molecule is CC.CC.CC(=O)N1C[B]CC1.CCc1c[nH]c(=O)c(C)c1C.c1ccccc1. The molecule has 0 saturated carbocycles. The average molecular weight is 399 g/mol. The number of carbonyl (C=O) groups excluding carboxylic acids is 1. The number of nitrogens with zero attached hydrogens (tertiary/aromatic N) is 1. The van der Waals surface area contributed by atoms with Crippen LogP contribution in [0.5, 0.6) is 0 Å². The van der Waals surface area contributed by atoms with Gasteiger partial charge in [0.1, 0.15) is 7.28 Å². The Hall–Kier alpha value is -2.30. The maximum absolute atomic E-state index is 11.1. The van der Waals surface area contributed by atoms with Crippen molar-refractivity contribution in [2.45, 2.75) is 68.1 Å². The largest absolute Gasteiger partial charge is 0.352 e. The van der Waals surface area contributed by atoms with Gasteiger partial charge in [-0.05, 0) is 37.8 Å². The number of rotatable bonds is 1. The van der Waals surface area contributed by atoms with Crippen LogP contribution >= 0.6 is 0 Å². The van der Waals surface area contributed by atoms with Gasteiger partial charge >= 0.3 is 0 Å². The zero-order valence-corrected chi connectivity index (χ0v) is 19.7. The van der Waals surface area contributed by atoms with Crippen molar-refractivity contribution < 1.29 is 4.79 Å². The topological polar surface area (TPSA) is 53.2 Å². The first-order valence-corrected chi connectivity index (χ1v) is 10.7. The van der Waals surface area contributed by atoms with E-state index in [9.17, 15) is 9.59 Å². The Labute approximate surface area is 179 Å². The van der Waals surface area contributed by atoms with Gasteiger partial charge in [0.2, 0.25) is 5.91 Å². The highest BCUT2D eigenvalue weighted by Gasteiger charge is 2.13. The summed E-state index contributed by atoms with van der Waals surface area (Å²) >= 11 is 0. The Kier molecular flexibility index (Phi) is 19.0. The molecule has 0 aliphatic carbocycles. The lowest BCUT2D eigenvalue weighted by atomic mass is 9.79. The molecule has 1 saturated heterocycles. The summed E-state index contributed by atoms with van der Waals surface area (Å²) in [6.45, 7) is 16.5. The molecule has 5 heteroatoms. The predicted octanol–water partition coefficient (Wildman–Crippen LogP) is 5.22. The molecule has 4 nitrogen and oxygen atoms in total. The highest BCUT2D eigenvalue weighted by molar-refractivity contribution is 6.37. The maximum atomic E-state index is 11.1. The van der Waals surface area contributed by atoms with Gasteiger partial charge in [0.25, 0.3) is 5.56 Å². The van der Waals surface area contributed by atoms with Crippen LogP contribution in [0.4, 0.5) is 0 Å². The molecule has 2 heterocycles. The second kappa shape index (κ2) is 19.0. The van der Waals surface area contributed by atoms with Crippen molar-refractivity contribution in [3.63, 3.8) is 0 Å². The van der Waals surface area contributed by atoms with E-state index < -0.39 is 0 Å². The van der Waals surface area contributed by atoms with E-state index in [1.165, 1.54) is 5.56 Å². The molecule has 2 aromatic rings. The highest BCUT2D eigenvalue weighted by atomic mass is 16.2. The van der Waals surface area contributed by atoms with Crippen LogP contribution in [0.1, 0.15) is 58.2 Å². The Balaban J connectivity index is 0. The van der Waals surface area contributed by atoms with E-state index in [1.54, 1.807) is 13.1 Å². The number of aromatic nitrogens is 1. The van der Waals surface area contributed by atoms with E-state index in [-0.39, 0.29) is 11.5 Å². The maximum Gasteiger partial charge on any atom is 0.251 e. The van der Waals surface area contributed by atoms with Gasteiger partial charge in [0.15, 0.2) is 0 Å². The summed E-state index contributed by atoms with van der Waals surface area (Å²) in [5, 5.41) is 0. The minimum absolute atomic E-state index is 0.0275. The lowest BCUT2D eigenvalue weighted by Gasteiger charge is -2.10. The number of pyridine rings is 1. The smallest absolute Gasteiger partial charge is 0.251 e. The number of aromatic amines is 1. The molecule has 0 unspecified atom stereocenters.